The Morgan fingerprint density at radius 1 is 1.00 bits per heavy atom. The lowest BCUT2D eigenvalue weighted by Crippen LogP contribution is -2.26. The van der Waals surface area contributed by atoms with Crippen LogP contribution in [0.1, 0.15) is 58.5 Å². The van der Waals surface area contributed by atoms with Crippen molar-refractivity contribution in [2.24, 2.45) is 0 Å². The molecule has 4 rings (SSSR count). The molecule has 5 nitrogen and oxygen atoms in total. The molecule has 0 saturated heterocycles. The number of carbonyl (C=O) groups excluding carboxylic acids is 2. The summed E-state index contributed by atoms with van der Waals surface area (Å²) in [6, 6.07) is 15.0. The molecule has 0 bridgehead atoms. The van der Waals surface area contributed by atoms with Crippen molar-refractivity contribution >= 4 is 28.4 Å². The molecule has 1 aromatic heterocycles. The third-order valence-corrected chi connectivity index (χ3v) is 5.60. The van der Waals surface area contributed by atoms with Gasteiger partial charge in [0.25, 0.3) is 11.8 Å². The van der Waals surface area contributed by atoms with Crippen molar-refractivity contribution in [3.05, 3.63) is 77.0 Å². The average molecular weight is 402 g/mol. The van der Waals surface area contributed by atoms with Gasteiger partial charge < -0.3 is 15.6 Å². The van der Waals surface area contributed by atoms with Crippen molar-refractivity contribution in [3.63, 3.8) is 0 Å². The van der Waals surface area contributed by atoms with E-state index in [0.29, 0.717) is 23.5 Å². The molecule has 0 saturated carbocycles. The number of para-hydroxylation sites is 1. The Morgan fingerprint density at radius 3 is 2.57 bits per heavy atom. The highest BCUT2D eigenvalue weighted by Gasteiger charge is 2.20. The fourth-order valence-corrected chi connectivity index (χ4v) is 3.89. The van der Waals surface area contributed by atoms with Crippen LogP contribution >= 0.6 is 0 Å². The zero-order chi connectivity index (χ0) is 20.9. The van der Waals surface area contributed by atoms with Crippen LogP contribution in [0.3, 0.4) is 0 Å². The summed E-state index contributed by atoms with van der Waals surface area (Å²) in [4.78, 5) is 28.9. The topological polar surface area (TPSA) is 74.0 Å². The third-order valence-electron chi connectivity index (χ3n) is 5.60. The van der Waals surface area contributed by atoms with Gasteiger partial charge in [-0.1, -0.05) is 47.5 Å². The van der Waals surface area contributed by atoms with Gasteiger partial charge in [0.05, 0.1) is 5.69 Å². The molecule has 1 heterocycles. The summed E-state index contributed by atoms with van der Waals surface area (Å²) in [6.45, 7) is 2.57. The van der Waals surface area contributed by atoms with Crippen LogP contribution in [0.2, 0.25) is 0 Å². The van der Waals surface area contributed by atoms with E-state index in [9.17, 15) is 9.59 Å². The van der Waals surface area contributed by atoms with Crippen LogP contribution in [-0.4, -0.2) is 23.3 Å². The van der Waals surface area contributed by atoms with Crippen LogP contribution in [0.4, 0.5) is 5.69 Å². The highest BCUT2D eigenvalue weighted by Crippen LogP contribution is 2.28. The van der Waals surface area contributed by atoms with Crippen LogP contribution in [0.15, 0.2) is 60.2 Å². The molecule has 3 aromatic rings. The largest absolute Gasteiger partial charge is 0.350 e. The molecular formula is C25H27N3O2. The summed E-state index contributed by atoms with van der Waals surface area (Å²) >= 11 is 0. The summed E-state index contributed by atoms with van der Waals surface area (Å²) in [5.41, 5.74) is 4.79. The van der Waals surface area contributed by atoms with E-state index in [-0.39, 0.29) is 11.8 Å². The highest BCUT2D eigenvalue weighted by molar-refractivity contribution is 6.15. The van der Waals surface area contributed by atoms with E-state index in [1.54, 1.807) is 12.1 Å². The summed E-state index contributed by atoms with van der Waals surface area (Å²) in [6.07, 6.45) is 7.93. The predicted molar refractivity (Wildman–Crippen MR) is 121 cm³/mol. The van der Waals surface area contributed by atoms with E-state index in [1.807, 2.05) is 43.3 Å². The number of aromatic nitrogens is 1. The first-order valence-electron chi connectivity index (χ1n) is 10.6. The van der Waals surface area contributed by atoms with E-state index in [2.05, 4.69) is 21.7 Å². The number of amides is 2. The number of hydrogen-bond acceptors (Lipinski definition) is 2. The number of aromatic amines is 1. The van der Waals surface area contributed by atoms with Crippen LogP contribution in [0.5, 0.6) is 0 Å². The van der Waals surface area contributed by atoms with Gasteiger partial charge in [0.2, 0.25) is 0 Å². The van der Waals surface area contributed by atoms with Gasteiger partial charge in [-0.05, 0) is 57.2 Å². The zero-order valence-electron chi connectivity index (χ0n) is 17.3. The number of anilines is 1. The molecule has 1 aliphatic rings. The molecule has 0 unspecified atom stereocenters. The van der Waals surface area contributed by atoms with Gasteiger partial charge >= 0.3 is 0 Å². The number of fused-ring (bicyclic) bond motifs is 1. The van der Waals surface area contributed by atoms with E-state index < -0.39 is 0 Å². The Kier molecular flexibility index (Phi) is 5.98. The quantitative estimate of drug-likeness (QED) is 0.487. The fraction of sp³-hybridized carbons (Fsp3) is 0.280. The maximum atomic E-state index is 12.9. The second-order valence-electron chi connectivity index (χ2n) is 7.85. The standard InChI is InChI=1S/C25H27N3O2/c1-17-11-13-19(14-12-17)24(29)28-22-20-9-5-6-10-21(20)27-23(22)25(30)26-16-15-18-7-3-2-4-8-18/h5-7,9-14,27H,2-4,8,15-16H2,1H3,(H,26,30)(H,28,29). The van der Waals surface area contributed by atoms with Gasteiger partial charge in [0.15, 0.2) is 0 Å². The van der Waals surface area contributed by atoms with Gasteiger partial charge in [0.1, 0.15) is 5.69 Å². The lowest BCUT2D eigenvalue weighted by atomic mass is 9.97. The number of rotatable bonds is 6. The van der Waals surface area contributed by atoms with Crippen molar-refractivity contribution in [2.75, 3.05) is 11.9 Å². The Hall–Kier alpha value is -3.34. The Balaban J connectivity index is 1.53. The van der Waals surface area contributed by atoms with Crippen molar-refractivity contribution in [3.8, 4) is 0 Å². The van der Waals surface area contributed by atoms with Gasteiger partial charge in [-0.25, -0.2) is 0 Å². The number of allylic oxidation sites excluding steroid dienone is 1. The van der Waals surface area contributed by atoms with Gasteiger partial charge in [0, 0.05) is 23.0 Å². The second-order valence-corrected chi connectivity index (χ2v) is 7.85. The summed E-state index contributed by atoms with van der Waals surface area (Å²) < 4.78 is 0. The van der Waals surface area contributed by atoms with Gasteiger partial charge in [-0.3, -0.25) is 9.59 Å². The third kappa shape index (κ3) is 4.46. The SMILES string of the molecule is Cc1ccc(C(=O)Nc2c(C(=O)NCCC3=CCCCC3)[nH]c3ccccc23)cc1. The Morgan fingerprint density at radius 2 is 1.80 bits per heavy atom. The monoisotopic (exact) mass is 401 g/mol. The lowest BCUT2D eigenvalue weighted by molar-refractivity contribution is 0.0951. The van der Waals surface area contributed by atoms with Crippen LogP contribution in [-0.2, 0) is 0 Å². The molecule has 0 atom stereocenters. The summed E-state index contributed by atoms with van der Waals surface area (Å²) in [5.74, 6) is -0.442. The molecule has 2 aromatic carbocycles. The van der Waals surface area contributed by atoms with Gasteiger partial charge in [-0.2, -0.15) is 0 Å². The molecule has 3 N–H and O–H groups in total. The molecule has 0 aliphatic heterocycles. The Labute approximate surface area is 176 Å². The highest BCUT2D eigenvalue weighted by atomic mass is 16.2. The molecular weight excluding hydrogens is 374 g/mol. The molecule has 1 aliphatic carbocycles. The van der Waals surface area contributed by atoms with Gasteiger partial charge in [-0.15, -0.1) is 0 Å². The molecule has 0 radical (unpaired) electrons. The van der Waals surface area contributed by atoms with Crippen molar-refractivity contribution in [2.45, 2.75) is 39.0 Å². The summed E-state index contributed by atoms with van der Waals surface area (Å²) in [7, 11) is 0. The van der Waals surface area contributed by atoms with Crippen LogP contribution in [0.25, 0.3) is 10.9 Å². The van der Waals surface area contributed by atoms with Crippen LogP contribution < -0.4 is 10.6 Å². The number of hydrogen-bond donors (Lipinski definition) is 3. The number of nitrogens with one attached hydrogen (secondary N) is 3. The minimum atomic E-state index is -0.235. The number of carbonyl (C=O) groups is 2. The number of aryl methyl sites for hydroxylation is 1. The fourth-order valence-electron chi connectivity index (χ4n) is 3.89. The molecule has 30 heavy (non-hydrogen) atoms. The first kappa shape index (κ1) is 20.0. The van der Waals surface area contributed by atoms with E-state index in [1.165, 1.54) is 18.4 Å². The van der Waals surface area contributed by atoms with Crippen molar-refractivity contribution in [1.82, 2.24) is 10.3 Å². The van der Waals surface area contributed by atoms with E-state index in [4.69, 9.17) is 0 Å². The van der Waals surface area contributed by atoms with E-state index >= 15 is 0 Å². The van der Waals surface area contributed by atoms with Crippen molar-refractivity contribution < 1.29 is 9.59 Å². The molecule has 0 fully saturated rings. The smallest absolute Gasteiger partial charge is 0.269 e. The first-order chi connectivity index (χ1) is 14.6. The number of H-pyrrole nitrogens is 1. The first-order valence-corrected chi connectivity index (χ1v) is 10.6. The molecule has 5 heteroatoms. The minimum absolute atomic E-state index is 0.207. The summed E-state index contributed by atoms with van der Waals surface area (Å²) in [5, 5.41) is 6.77. The molecule has 154 valence electrons. The Bertz CT molecular complexity index is 1090. The maximum Gasteiger partial charge on any atom is 0.269 e. The minimum Gasteiger partial charge on any atom is -0.350 e. The zero-order valence-corrected chi connectivity index (χ0v) is 17.3. The van der Waals surface area contributed by atoms with Crippen LogP contribution in [0, 0.1) is 6.92 Å². The van der Waals surface area contributed by atoms with E-state index in [0.717, 1.165) is 35.7 Å². The normalized spacial score (nSPS) is 13.7. The molecule has 2 amide bonds. The number of benzene rings is 2. The maximum absolute atomic E-state index is 12.9. The average Bonchev–Trinajstić information content (AvgIpc) is 3.13. The van der Waals surface area contributed by atoms with Crippen molar-refractivity contribution in [1.29, 1.82) is 0 Å². The molecule has 0 spiro atoms. The predicted octanol–water partition coefficient (Wildman–Crippen LogP) is 5.35. The second kappa shape index (κ2) is 8.99. The lowest BCUT2D eigenvalue weighted by Gasteiger charge is -2.13.